The molecule has 0 bridgehead atoms. The molecule has 0 aliphatic carbocycles. The monoisotopic (exact) mass is 490 g/mol. The van der Waals surface area contributed by atoms with E-state index >= 15 is 0 Å². The van der Waals surface area contributed by atoms with Crippen LogP contribution in [-0.4, -0.2) is 99.8 Å². The van der Waals surface area contributed by atoms with E-state index in [-0.39, 0.29) is 11.3 Å². The van der Waals surface area contributed by atoms with Crippen molar-refractivity contribution in [3.63, 3.8) is 0 Å². The first-order valence-corrected chi connectivity index (χ1v) is 9.21. The van der Waals surface area contributed by atoms with Crippen molar-refractivity contribution in [3.05, 3.63) is 23.8 Å². The highest BCUT2D eigenvalue weighted by atomic mass is 17.2. The number of rotatable bonds is 11. The molecule has 1 aromatic rings. The highest BCUT2D eigenvalue weighted by Gasteiger charge is 2.27. The molecule has 0 amide bonds. The van der Waals surface area contributed by atoms with Gasteiger partial charge in [-0.1, -0.05) is 0 Å². The molecule has 0 saturated heterocycles. The van der Waals surface area contributed by atoms with Gasteiger partial charge in [0.25, 0.3) is 0 Å². The maximum atomic E-state index is 12.0. The average molecular weight is 490 g/mol. The molecular formula is C19H22O15. The molecule has 0 aromatic heterocycles. The number of benzene rings is 1. The summed E-state index contributed by atoms with van der Waals surface area (Å²) in [5.74, 6) is -6.99. The van der Waals surface area contributed by atoms with Crippen LogP contribution in [0.15, 0.2) is 18.2 Å². The Balaban J connectivity index is 3.32. The second-order valence-electron chi connectivity index (χ2n) is 6.09. The Bertz CT molecular complexity index is 909. The van der Waals surface area contributed by atoms with E-state index in [0.29, 0.717) is 6.08 Å². The number of hydrogen-bond acceptors (Lipinski definition) is 15. The molecule has 0 saturated carbocycles. The molecule has 3 atom stereocenters. The van der Waals surface area contributed by atoms with Crippen molar-refractivity contribution < 1.29 is 73.8 Å². The van der Waals surface area contributed by atoms with Gasteiger partial charge in [0.15, 0.2) is 29.8 Å². The SMILES string of the molecule is COc1ccc(C=CC(=O)OOC(=O)C(O)CO)c(OC(=O)C(O)CO)c1OC(=O)C(O)CO. The summed E-state index contributed by atoms with van der Waals surface area (Å²) in [4.78, 5) is 55.0. The molecule has 6 N–H and O–H groups in total. The number of aliphatic hydroxyl groups excluding tert-OH is 6. The van der Waals surface area contributed by atoms with Crippen molar-refractivity contribution in [2.45, 2.75) is 18.3 Å². The Hall–Kier alpha value is -3.60. The molecule has 0 fully saturated rings. The topological polar surface area (TPSA) is 236 Å². The summed E-state index contributed by atoms with van der Waals surface area (Å²) < 4.78 is 14.9. The summed E-state index contributed by atoms with van der Waals surface area (Å²) in [6.07, 6.45) is -4.36. The standard InChI is InChI=1S/C19H22O15/c1-30-13-4-2-9(3-5-14(26)33-34-19(29)12(25)8-22)15(31-17(27)10(23)6-20)16(13)32-18(28)11(24)7-21/h2-5,10-12,20-25H,6-8H2,1H3. The molecule has 1 aromatic carbocycles. The summed E-state index contributed by atoms with van der Waals surface area (Å²) in [7, 11) is 1.14. The number of carbonyl (C=O) groups excluding carboxylic acids is 4. The third-order valence-corrected chi connectivity index (χ3v) is 3.67. The highest BCUT2D eigenvalue weighted by molar-refractivity contribution is 5.90. The van der Waals surface area contributed by atoms with Gasteiger partial charge in [-0.2, -0.15) is 0 Å². The van der Waals surface area contributed by atoms with Crippen LogP contribution in [0.5, 0.6) is 17.2 Å². The van der Waals surface area contributed by atoms with E-state index in [4.69, 9.17) is 34.6 Å². The Morgan fingerprint density at radius 1 is 0.794 bits per heavy atom. The fourth-order valence-corrected chi connectivity index (χ4v) is 1.94. The summed E-state index contributed by atoms with van der Waals surface area (Å²) in [6.45, 7) is -3.02. The minimum atomic E-state index is -2.00. The molecule has 0 radical (unpaired) electrons. The highest BCUT2D eigenvalue weighted by Crippen LogP contribution is 2.41. The maximum absolute atomic E-state index is 12.0. The summed E-state index contributed by atoms with van der Waals surface area (Å²) in [5.41, 5.74) is -0.181. The van der Waals surface area contributed by atoms with Crippen molar-refractivity contribution in [1.29, 1.82) is 0 Å². The van der Waals surface area contributed by atoms with Crippen molar-refractivity contribution in [2.75, 3.05) is 26.9 Å². The van der Waals surface area contributed by atoms with Crippen LogP contribution in [0.1, 0.15) is 5.56 Å². The van der Waals surface area contributed by atoms with Crippen molar-refractivity contribution in [1.82, 2.24) is 0 Å². The van der Waals surface area contributed by atoms with Gasteiger partial charge in [0, 0.05) is 11.6 Å². The minimum Gasteiger partial charge on any atom is -0.493 e. The van der Waals surface area contributed by atoms with Crippen LogP contribution in [0.2, 0.25) is 0 Å². The van der Waals surface area contributed by atoms with Gasteiger partial charge < -0.3 is 44.8 Å². The zero-order valence-corrected chi connectivity index (χ0v) is 17.5. The largest absolute Gasteiger partial charge is 0.493 e. The number of aliphatic hydroxyl groups is 6. The van der Waals surface area contributed by atoms with Crippen molar-refractivity contribution >= 4 is 30.0 Å². The molecule has 15 nitrogen and oxygen atoms in total. The predicted molar refractivity (Wildman–Crippen MR) is 105 cm³/mol. The fourth-order valence-electron chi connectivity index (χ4n) is 1.94. The van der Waals surface area contributed by atoms with Crippen LogP contribution in [0.4, 0.5) is 0 Å². The van der Waals surface area contributed by atoms with Crippen molar-refractivity contribution in [3.8, 4) is 17.2 Å². The van der Waals surface area contributed by atoms with Gasteiger partial charge >= 0.3 is 23.9 Å². The number of methoxy groups -OCH3 is 1. The number of ether oxygens (including phenoxy) is 3. The maximum Gasteiger partial charge on any atom is 0.386 e. The van der Waals surface area contributed by atoms with E-state index < -0.39 is 73.5 Å². The van der Waals surface area contributed by atoms with Crippen LogP contribution in [0.25, 0.3) is 6.08 Å². The molecule has 188 valence electrons. The summed E-state index contributed by atoms with van der Waals surface area (Å²) in [6, 6.07) is 2.38. The molecule has 0 aliphatic heterocycles. The van der Waals surface area contributed by atoms with E-state index in [0.717, 1.165) is 13.2 Å². The van der Waals surface area contributed by atoms with Crippen LogP contribution >= 0.6 is 0 Å². The Morgan fingerprint density at radius 3 is 1.79 bits per heavy atom. The van der Waals surface area contributed by atoms with Gasteiger partial charge in [-0.15, -0.1) is 0 Å². The second kappa shape index (κ2) is 13.8. The molecule has 34 heavy (non-hydrogen) atoms. The minimum absolute atomic E-state index is 0.181. The van der Waals surface area contributed by atoms with Crippen LogP contribution < -0.4 is 14.2 Å². The Morgan fingerprint density at radius 2 is 1.29 bits per heavy atom. The lowest BCUT2D eigenvalue weighted by Crippen LogP contribution is -2.31. The first kappa shape index (κ1) is 28.4. The molecule has 0 aliphatic rings. The zero-order chi connectivity index (χ0) is 25.8. The van der Waals surface area contributed by atoms with E-state index in [9.17, 15) is 29.4 Å². The molecule has 1 rings (SSSR count). The lowest BCUT2D eigenvalue weighted by atomic mass is 10.1. The van der Waals surface area contributed by atoms with E-state index in [1.807, 2.05) is 0 Å². The van der Waals surface area contributed by atoms with Gasteiger partial charge in [0.1, 0.15) is 0 Å². The normalized spacial score (nSPS) is 13.5. The predicted octanol–water partition coefficient (Wildman–Crippen LogP) is -3.42. The van der Waals surface area contributed by atoms with Gasteiger partial charge in [0.05, 0.1) is 26.9 Å². The van der Waals surface area contributed by atoms with Gasteiger partial charge in [-0.3, -0.25) is 0 Å². The first-order valence-electron chi connectivity index (χ1n) is 9.21. The van der Waals surface area contributed by atoms with Gasteiger partial charge in [0.2, 0.25) is 5.75 Å². The van der Waals surface area contributed by atoms with E-state index in [1.54, 1.807) is 0 Å². The second-order valence-corrected chi connectivity index (χ2v) is 6.09. The lowest BCUT2D eigenvalue weighted by Gasteiger charge is -2.17. The molecule has 0 heterocycles. The summed E-state index contributed by atoms with van der Waals surface area (Å²) >= 11 is 0. The zero-order valence-electron chi connectivity index (χ0n) is 17.5. The molecule has 0 spiro atoms. The Kier molecular flexibility index (Phi) is 11.6. The van der Waals surface area contributed by atoms with Gasteiger partial charge in [-0.25, -0.2) is 29.0 Å². The molecule has 3 unspecified atom stereocenters. The smallest absolute Gasteiger partial charge is 0.386 e. The van der Waals surface area contributed by atoms with Gasteiger partial charge in [-0.05, 0) is 18.2 Å². The Labute approximate surface area is 190 Å². The molecule has 15 heteroatoms. The van der Waals surface area contributed by atoms with Crippen LogP contribution in [0.3, 0.4) is 0 Å². The molecular weight excluding hydrogens is 468 g/mol. The van der Waals surface area contributed by atoms with E-state index in [1.165, 1.54) is 12.1 Å². The van der Waals surface area contributed by atoms with Crippen molar-refractivity contribution in [2.24, 2.45) is 0 Å². The third-order valence-electron chi connectivity index (χ3n) is 3.67. The first-order chi connectivity index (χ1) is 16.1. The number of carbonyl (C=O) groups is 4. The summed E-state index contributed by atoms with van der Waals surface area (Å²) in [5, 5.41) is 54.4. The average Bonchev–Trinajstić information content (AvgIpc) is 2.85. The van der Waals surface area contributed by atoms with E-state index in [2.05, 4.69) is 9.78 Å². The lowest BCUT2D eigenvalue weighted by molar-refractivity contribution is -0.261. The van der Waals surface area contributed by atoms with Crippen LogP contribution in [-0.2, 0) is 29.0 Å². The number of esters is 2. The quantitative estimate of drug-likeness (QED) is 0.0582. The fraction of sp³-hybridized carbons (Fsp3) is 0.368. The third kappa shape index (κ3) is 8.07. The van der Waals surface area contributed by atoms with Crippen LogP contribution in [0, 0.1) is 0 Å². The number of hydrogen-bond donors (Lipinski definition) is 6.